The van der Waals surface area contributed by atoms with Crippen LogP contribution in [0.25, 0.3) is 0 Å². The molecule has 0 saturated carbocycles. The summed E-state index contributed by atoms with van der Waals surface area (Å²) < 4.78 is 29.7. The molecule has 2 heterocycles. The van der Waals surface area contributed by atoms with Gasteiger partial charge in [0.2, 0.25) is 12.7 Å². The summed E-state index contributed by atoms with van der Waals surface area (Å²) in [5.74, 6) is 0.293. The van der Waals surface area contributed by atoms with E-state index in [9.17, 15) is 18.8 Å². The molecule has 0 unspecified atom stereocenters. The van der Waals surface area contributed by atoms with Gasteiger partial charge in [0.25, 0.3) is 5.91 Å². The number of rotatable bonds is 8. The number of nitrogens with zero attached hydrogens (tertiary/aromatic N) is 2. The third-order valence-electron chi connectivity index (χ3n) is 6.02. The minimum absolute atomic E-state index is 0.0555. The van der Waals surface area contributed by atoms with Gasteiger partial charge in [0.15, 0.2) is 11.5 Å². The Morgan fingerprint density at radius 2 is 1.76 bits per heavy atom. The first-order chi connectivity index (χ1) is 17.9. The predicted molar refractivity (Wildman–Crippen MR) is 132 cm³/mol. The zero-order valence-corrected chi connectivity index (χ0v) is 20.0. The Kier molecular flexibility index (Phi) is 6.63. The molecule has 2 aliphatic rings. The van der Waals surface area contributed by atoms with Gasteiger partial charge in [0, 0.05) is 12.2 Å². The number of fused-ring (bicyclic) bond motifs is 1. The van der Waals surface area contributed by atoms with E-state index < -0.39 is 29.7 Å². The Morgan fingerprint density at radius 3 is 2.49 bits per heavy atom. The van der Waals surface area contributed by atoms with E-state index in [2.05, 4.69) is 5.32 Å². The number of nitrogens with one attached hydrogen (secondary N) is 1. The van der Waals surface area contributed by atoms with E-state index in [1.165, 1.54) is 29.2 Å². The SMILES string of the molecule is CCOc1ccc(NC(=O)C[C@@H]2C(=O)N(c3ccc(F)cc3)C(=O)N2Cc2ccc3c(c2)OCO3)cc1. The highest BCUT2D eigenvalue weighted by Gasteiger charge is 2.46. The Morgan fingerprint density at radius 1 is 1.03 bits per heavy atom. The molecule has 1 saturated heterocycles. The molecule has 4 amide bonds. The molecular weight excluding hydrogens is 481 g/mol. The van der Waals surface area contributed by atoms with Crippen molar-refractivity contribution in [1.29, 1.82) is 0 Å². The monoisotopic (exact) mass is 505 g/mol. The van der Waals surface area contributed by atoms with Gasteiger partial charge in [-0.15, -0.1) is 0 Å². The third-order valence-corrected chi connectivity index (χ3v) is 6.02. The zero-order valence-electron chi connectivity index (χ0n) is 20.0. The lowest BCUT2D eigenvalue weighted by atomic mass is 10.1. The second-order valence-corrected chi connectivity index (χ2v) is 8.47. The summed E-state index contributed by atoms with van der Waals surface area (Å²) in [6.07, 6.45) is -0.264. The zero-order chi connectivity index (χ0) is 25.9. The highest BCUT2D eigenvalue weighted by Crippen LogP contribution is 2.34. The van der Waals surface area contributed by atoms with Gasteiger partial charge in [0.1, 0.15) is 17.6 Å². The predicted octanol–water partition coefficient (Wildman–Crippen LogP) is 4.32. The van der Waals surface area contributed by atoms with Crippen molar-refractivity contribution in [1.82, 2.24) is 4.90 Å². The van der Waals surface area contributed by atoms with E-state index in [0.717, 1.165) is 4.90 Å². The van der Waals surface area contributed by atoms with Gasteiger partial charge in [-0.3, -0.25) is 9.59 Å². The number of urea groups is 1. The average molecular weight is 506 g/mol. The lowest BCUT2D eigenvalue weighted by molar-refractivity contribution is -0.124. The summed E-state index contributed by atoms with van der Waals surface area (Å²) in [5, 5.41) is 2.76. The van der Waals surface area contributed by atoms with E-state index in [4.69, 9.17) is 14.2 Å². The van der Waals surface area contributed by atoms with Crippen molar-refractivity contribution < 1.29 is 33.0 Å². The van der Waals surface area contributed by atoms with Gasteiger partial charge in [-0.05, 0) is 73.2 Å². The Hall–Kier alpha value is -4.60. The maximum Gasteiger partial charge on any atom is 0.332 e. The van der Waals surface area contributed by atoms with Crippen LogP contribution in [0, 0.1) is 5.82 Å². The highest BCUT2D eigenvalue weighted by atomic mass is 19.1. The quantitative estimate of drug-likeness (QED) is 0.458. The molecule has 0 aliphatic carbocycles. The Bertz CT molecular complexity index is 1330. The molecule has 190 valence electrons. The van der Waals surface area contributed by atoms with E-state index in [0.29, 0.717) is 35.1 Å². The van der Waals surface area contributed by atoms with Crippen molar-refractivity contribution in [2.24, 2.45) is 0 Å². The molecule has 0 aromatic heterocycles. The van der Waals surface area contributed by atoms with Gasteiger partial charge in [-0.2, -0.15) is 0 Å². The van der Waals surface area contributed by atoms with Crippen molar-refractivity contribution in [3.05, 3.63) is 78.1 Å². The lowest BCUT2D eigenvalue weighted by Gasteiger charge is -2.22. The maximum atomic E-state index is 13.5. The van der Waals surface area contributed by atoms with Crippen LogP contribution in [-0.4, -0.2) is 42.2 Å². The molecule has 0 bridgehead atoms. The van der Waals surface area contributed by atoms with Crippen LogP contribution >= 0.6 is 0 Å². The van der Waals surface area contributed by atoms with E-state index in [1.54, 1.807) is 42.5 Å². The van der Waals surface area contributed by atoms with Crippen molar-refractivity contribution in [2.45, 2.75) is 25.9 Å². The molecule has 9 nitrogen and oxygen atoms in total. The number of amides is 4. The first-order valence-corrected chi connectivity index (χ1v) is 11.7. The van der Waals surface area contributed by atoms with Crippen LogP contribution in [0.2, 0.25) is 0 Å². The van der Waals surface area contributed by atoms with Gasteiger partial charge in [-0.25, -0.2) is 14.1 Å². The minimum Gasteiger partial charge on any atom is -0.494 e. The van der Waals surface area contributed by atoms with Crippen LogP contribution in [0.4, 0.5) is 20.6 Å². The van der Waals surface area contributed by atoms with Gasteiger partial charge in [0.05, 0.1) is 18.7 Å². The summed E-state index contributed by atoms with van der Waals surface area (Å²) in [5.41, 5.74) is 1.45. The summed E-state index contributed by atoms with van der Waals surface area (Å²) in [7, 11) is 0. The molecule has 3 aromatic carbocycles. The number of carbonyl (C=O) groups excluding carboxylic acids is 3. The second-order valence-electron chi connectivity index (χ2n) is 8.47. The average Bonchev–Trinajstić information content (AvgIpc) is 3.44. The molecule has 37 heavy (non-hydrogen) atoms. The number of hydrogen-bond donors (Lipinski definition) is 1. The lowest BCUT2D eigenvalue weighted by Crippen LogP contribution is -2.37. The Balaban J connectivity index is 1.38. The standard InChI is InChI=1S/C27H24FN3O6/c1-2-35-21-10-6-19(7-11-21)29-25(32)14-22-26(33)31(20-8-4-18(28)5-9-20)27(34)30(22)15-17-3-12-23-24(13-17)37-16-36-23/h3-13,22H,2,14-16H2,1H3,(H,29,32)/t22-/m1/s1. The molecule has 2 aliphatic heterocycles. The summed E-state index contributed by atoms with van der Waals surface area (Å²) in [4.78, 5) is 42.1. The van der Waals surface area contributed by atoms with Crippen LogP contribution in [0.5, 0.6) is 17.2 Å². The van der Waals surface area contributed by atoms with Crippen LogP contribution < -0.4 is 24.4 Å². The topological polar surface area (TPSA) is 97.4 Å². The number of halogens is 1. The molecule has 0 radical (unpaired) electrons. The third kappa shape index (κ3) is 5.04. The van der Waals surface area contributed by atoms with Crippen molar-refractivity contribution in [3.63, 3.8) is 0 Å². The first kappa shape index (κ1) is 24.1. The van der Waals surface area contributed by atoms with E-state index in [-0.39, 0.29) is 25.4 Å². The number of carbonyl (C=O) groups is 3. The van der Waals surface area contributed by atoms with Crippen molar-refractivity contribution in [2.75, 3.05) is 23.6 Å². The fraction of sp³-hybridized carbons (Fsp3) is 0.222. The molecule has 1 N–H and O–H groups in total. The molecule has 10 heteroatoms. The smallest absolute Gasteiger partial charge is 0.332 e. The fourth-order valence-electron chi connectivity index (χ4n) is 4.27. The van der Waals surface area contributed by atoms with Gasteiger partial charge < -0.3 is 24.4 Å². The number of ether oxygens (including phenoxy) is 3. The maximum absolute atomic E-state index is 13.5. The van der Waals surface area contributed by atoms with E-state index in [1.807, 2.05) is 6.92 Å². The molecular formula is C27H24FN3O6. The molecule has 0 spiro atoms. The van der Waals surface area contributed by atoms with Gasteiger partial charge >= 0.3 is 6.03 Å². The van der Waals surface area contributed by atoms with Gasteiger partial charge in [-0.1, -0.05) is 6.07 Å². The van der Waals surface area contributed by atoms with Crippen LogP contribution in [0.3, 0.4) is 0 Å². The van der Waals surface area contributed by atoms with Crippen LogP contribution in [0.1, 0.15) is 18.9 Å². The number of hydrogen-bond acceptors (Lipinski definition) is 6. The Labute approximate surface area is 212 Å². The van der Waals surface area contributed by atoms with Crippen LogP contribution in [-0.2, 0) is 16.1 Å². The largest absolute Gasteiger partial charge is 0.494 e. The minimum atomic E-state index is -1.06. The summed E-state index contributed by atoms with van der Waals surface area (Å²) in [6.45, 7) is 2.56. The first-order valence-electron chi connectivity index (χ1n) is 11.7. The molecule has 1 fully saturated rings. The molecule has 1 atom stereocenters. The van der Waals surface area contributed by atoms with Crippen LogP contribution in [0.15, 0.2) is 66.7 Å². The number of anilines is 2. The van der Waals surface area contributed by atoms with Crippen molar-refractivity contribution in [3.8, 4) is 17.2 Å². The molecule has 3 aromatic rings. The highest BCUT2D eigenvalue weighted by molar-refractivity contribution is 6.22. The number of imide groups is 1. The normalized spacial score (nSPS) is 16.3. The second kappa shape index (κ2) is 10.2. The van der Waals surface area contributed by atoms with E-state index >= 15 is 0 Å². The molecule has 5 rings (SSSR count). The number of benzene rings is 3. The summed E-state index contributed by atoms with van der Waals surface area (Å²) in [6, 6.07) is 15.5. The fourth-order valence-corrected chi connectivity index (χ4v) is 4.27. The van der Waals surface area contributed by atoms with Crippen molar-refractivity contribution >= 4 is 29.2 Å². The summed E-state index contributed by atoms with van der Waals surface area (Å²) >= 11 is 0.